The van der Waals surface area contributed by atoms with E-state index in [0.717, 1.165) is 42.0 Å². The minimum absolute atomic E-state index is 0.0144. The first-order valence-corrected chi connectivity index (χ1v) is 16.5. The fourth-order valence-corrected chi connectivity index (χ4v) is 8.17. The number of ether oxygens (including phenoxy) is 1. The molecule has 1 unspecified atom stereocenters. The summed E-state index contributed by atoms with van der Waals surface area (Å²) in [7, 11) is -1.33. The second-order valence-corrected chi connectivity index (χ2v) is 14.5. The molecule has 235 valence electrons. The third-order valence-electron chi connectivity index (χ3n) is 7.85. The van der Waals surface area contributed by atoms with Gasteiger partial charge in [-0.2, -0.15) is 13.2 Å². The lowest BCUT2D eigenvalue weighted by atomic mass is 9.95. The summed E-state index contributed by atoms with van der Waals surface area (Å²) in [5.74, 6) is -3.38. The molecule has 3 atom stereocenters. The van der Waals surface area contributed by atoms with Crippen LogP contribution in [0.1, 0.15) is 28.2 Å². The number of hydrogen-bond donors (Lipinski definition) is 0. The van der Waals surface area contributed by atoms with Crippen molar-refractivity contribution in [2.75, 3.05) is 13.1 Å². The highest BCUT2D eigenvalue weighted by molar-refractivity contribution is 9.10. The second-order valence-electron chi connectivity index (χ2n) is 10.7. The van der Waals surface area contributed by atoms with Crippen molar-refractivity contribution < 1.29 is 39.5 Å². The lowest BCUT2D eigenvalue weighted by Gasteiger charge is -2.33. The van der Waals surface area contributed by atoms with Crippen LogP contribution in [0, 0.1) is 17.5 Å². The zero-order valence-corrected chi connectivity index (χ0v) is 26.8. The first-order valence-electron chi connectivity index (χ1n) is 13.6. The van der Waals surface area contributed by atoms with Crippen molar-refractivity contribution in [3.8, 4) is 0 Å². The smallest absolute Gasteiger partial charge is 0.361 e. The maximum absolute atomic E-state index is 14.3. The molecule has 5 rings (SSSR count). The topological polar surface area (TPSA) is 46.6 Å². The normalized spacial score (nSPS) is 19.0. The van der Waals surface area contributed by atoms with Crippen molar-refractivity contribution in [2.24, 2.45) is 0 Å². The predicted molar refractivity (Wildman–Crippen MR) is 161 cm³/mol. The summed E-state index contributed by atoms with van der Waals surface area (Å²) >= 11 is 3.04. The van der Waals surface area contributed by atoms with Crippen molar-refractivity contribution in [2.45, 2.75) is 40.6 Å². The lowest BCUT2D eigenvalue weighted by molar-refractivity contribution is -0.251. The molecule has 45 heavy (non-hydrogen) atoms. The van der Waals surface area contributed by atoms with E-state index in [1.807, 2.05) is 35.2 Å². The molecule has 0 aromatic heterocycles. The second kappa shape index (κ2) is 13.0. The molecule has 1 heterocycles. The SMILES string of the molecule is O=S(=O)(c1ccc(F)c(Br)c1)[C@H]1CN(Cc2ccccc2)C[C@@H]1c1ccc(C([Si])(OCc2c(F)cccc2F)C(F)(F)F)cc1. The van der Waals surface area contributed by atoms with Gasteiger partial charge in [0.15, 0.2) is 15.1 Å². The maximum atomic E-state index is 14.3. The van der Waals surface area contributed by atoms with Gasteiger partial charge in [-0.3, -0.25) is 4.90 Å². The fraction of sp³-hybridized carbons (Fsp3) is 0.250. The number of halogens is 7. The highest BCUT2D eigenvalue weighted by Crippen LogP contribution is 2.42. The average Bonchev–Trinajstić information content (AvgIpc) is 3.43. The van der Waals surface area contributed by atoms with E-state index in [9.17, 15) is 34.8 Å². The zero-order valence-electron chi connectivity index (χ0n) is 23.4. The molecular formula is C32H25BrF6NO3SSi. The highest BCUT2D eigenvalue weighted by atomic mass is 79.9. The Morgan fingerprint density at radius 1 is 0.844 bits per heavy atom. The zero-order chi connectivity index (χ0) is 32.6. The first-order chi connectivity index (χ1) is 21.2. The number of sulfone groups is 1. The number of rotatable bonds is 9. The number of likely N-dealkylation sites (tertiary alicyclic amines) is 1. The van der Waals surface area contributed by atoms with Crippen molar-refractivity contribution in [1.29, 1.82) is 0 Å². The molecule has 13 heteroatoms. The van der Waals surface area contributed by atoms with Gasteiger partial charge in [0.05, 0.1) is 31.5 Å². The average molecular weight is 726 g/mol. The Labute approximate surface area is 268 Å². The van der Waals surface area contributed by atoms with Gasteiger partial charge in [0.25, 0.3) is 0 Å². The minimum atomic E-state index is -5.05. The van der Waals surface area contributed by atoms with Gasteiger partial charge in [-0.15, -0.1) is 0 Å². The van der Waals surface area contributed by atoms with Crippen LogP contribution >= 0.6 is 15.9 Å². The molecule has 0 N–H and O–H groups in total. The third kappa shape index (κ3) is 6.92. The molecular weight excluding hydrogens is 700 g/mol. The van der Waals surface area contributed by atoms with Crippen molar-refractivity contribution in [3.63, 3.8) is 0 Å². The predicted octanol–water partition coefficient (Wildman–Crippen LogP) is 7.41. The molecule has 0 spiro atoms. The largest absolute Gasteiger partial charge is 0.417 e. The number of nitrogens with zero attached hydrogens (tertiary/aromatic N) is 1. The van der Waals surface area contributed by atoms with E-state index in [4.69, 9.17) is 4.74 Å². The van der Waals surface area contributed by atoms with Gasteiger partial charge in [0.2, 0.25) is 0 Å². The van der Waals surface area contributed by atoms with Crippen LogP contribution in [-0.2, 0) is 33.0 Å². The molecule has 0 saturated carbocycles. The number of benzene rings is 4. The van der Waals surface area contributed by atoms with Gasteiger partial charge < -0.3 is 4.74 Å². The van der Waals surface area contributed by atoms with E-state index in [0.29, 0.717) is 12.1 Å². The van der Waals surface area contributed by atoms with E-state index in [-0.39, 0.29) is 22.5 Å². The van der Waals surface area contributed by atoms with Crippen LogP contribution in [0.4, 0.5) is 26.3 Å². The molecule has 0 aliphatic carbocycles. The van der Waals surface area contributed by atoms with Crippen LogP contribution in [0.3, 0.4) is 0 Å². The Bertz CT molecular complexity index is 1760. The van der Waals surface area contributed by atoms with Crippen LogP contribution in [-0.4, -0.2) is 48.1 Å². The molecule has 3 radical (unpaired) electrons. The van der Waals surface area contributed by atoms with E-state index in [1.165, 1.54) is 24.3 Å². The Morgan fingerprint density at radius 3 is 2.09 bits per heavy atom. The number of alkyl halides is 3. The minimum Gasteiger partial charge on any atom is -0.361 e. The lowest BCUT2D eigenvalue weighted by Crippen LogP contribution is -2.45. The van der Waals surface area contributed by atoms with E-state index in [1.54, 1.807) is 0 Å². The van der Waals surface area contributed by atoms with E-state index >= 15 is 0 Å². The molecule has 1 aliphatic heterocycles. The molecule has 0 amide bonds. The Kier molecular flexibility index (Phi) is 9.67. The quantitative estimate of drug-likeness (QED) is 0.103. The monoisotopic (exact) mass is 724 g/mol. The molecule has 4 aromatic rings. The molecule has 0 bridgehead atoms. The molecule has 1 fully saturated rings. The van der Waals surface area contributed by atoms with Gasteiger partial charge in [0.1, 0.15) is 17.5 Å². The van der Waals surface area contributed by atoms with Gasteiger partial charge in [-0.1, -0.05) is 60.7 Å². The summed E-state index contributed by atoms with van der Waals surface area (Å²) < 4.78 is 118. The summed E-state index contributed by atoms with van der Waals surface area (Å²) in [5.41, 5.74) is 0.339. The molecule has 1 aliphatic rings. The summed E-state index contributed by atoms with van der Waals surface area (Å²) in [5, 5.41) is -4.12. The van der Waals surface area contributed by atoms with E-state index in [2.05, 4.69) is 26.2 Å². The van der Waals surface area contributed by atoms with Crippen molar-refractivity contribution in [1.82, 2.24) is 4.90 Å². The number of hydrogen-bond acceptors (Lipinski definition) is 4. The summed E-state index contributed by atoms with van der Waals surface area (Å²) in [4.78, 5) is 1.86. The van der Waals surface area contributed by atoms with Crippen LogP contribution in [0.25, 0.3) is 0 Å². The fourth-order valence-electron chi connectivity index (χ4n) is 5.43. The summed E-state index contributed by atoms with van der Waals surface area (Å²) in [6.07, 6.45) is -5.05. The van der Waals surface area contributed by atoms with E-state index < -0.39 is 67.6 Å². The summed E-state index contributed by atoms with van der Waals surface area (Å²) in [6.45, 7) is -0.177. The highest BCUT2D eigenvalue weighted by Gasteiger charge is 2.54. The standard InChI is InChI=1S/C32H25BrF6NO3SSi/c33-26-15-23(13-14-29(26)36)44(41,42)30-18-40(16-20-5-2-1-3-6-20)17-24(30)21-9-11-22(12-10-21)31(45,32(37,38)39)43-19-25-27(34)7-4-8-28(25)35/h1-15,24,30H,16-19H2/t24-,30+,31?/m1/s1. The summed E-state index contributed by atoms with van der Waals surface area (Å²) in [6, 6.07) is 20.8. The van der Waals surface area contributed by atoms with Gasteiger partial charge in [0, 0.05) is 31.1 Å². The van der Waals surface area contributed by atoms with Crippen LogP contribution in [0.15, 0.2) is 100 Å². The maximum Gasteiger partial charge on any atom is 0.417 e. The Balaban J connectivity index is 1.47. The van der Waals surface area contributed by atoms with Crippen molar-refractivity contribution >= 4 is 36.0 Å². The van der Waals surface area contributed by atoms with Gasteiger partial charge in [-0.05, 0) is 63.0 Å². The van der Waals surface area contributed by atoms with Crippen molar-refractivity contribution in [3.05, 3.63) is 135 Å². The van der Waals surface area contributed by atoms with Gasteiger partial charge in [-0.25, -0.2) is 21.6 Å². The molecule has 4 aromatic carbocycles. The molecule has 1 saturated heterocycles. The third-order valence-corrected chi connectivity index (χ3v) is 11.4. The van der Waals surface area contributed by atoms with Crippen LogP contribution in [0.5, 0.6) is 0 Å². The van der Waals surface area contributed by atoms with Gasteiger partial charge >= 0.3 is 6.18 Å². The van der Waals surface area contributed by atoms with Crippen LogP contribution in [0.2, 0.25) is 0 Å². The Morgan fingerprint density at radius 2 is 1.49 bits per heavy atom. The van der Waals surface area contributed by atoms with Crippen LogP contribution < -0.4 is 0 Å². The molecule has 4 nitrogen and oxygen atoms in total. The first kappa shape index (κ1) is 33.4. The Hall–Kier alpha value is -2.97.